The van der Waals surface area contributed by atoms with Gasteiger partial charge >= 0.3 is 6.09 Å². The third-order valence-corrected chi connectivity index (χ3v) is 7.68. The molecule has 0 bridgehead atoms. The Labute approximate surface area is 220 Å². The van der Waals surface area contributed by atoms with Gasteiger partial charge in [0.2, 0.25) is 0 Å². The first kappa shape index (κ1) is 28.3. The number of aromatic nitrogens is 2. The lowest BCUT2D eigenvalue weighted by molar-refractivity contribution is 0.0502. The number of rotatable bonds is 9. The van der Waals surface area contributed by atoms with Crippen molar-refractivity contribution < 1.29 is 23.0 Å². The van der Waals surface area contributed by atoms with E-state index in [1.807, 2.05) is 22.9 Å². The molecule has 0 saturated carbocycles. The Bertz CT molecular complexity index is 1200. The number of ether oxygens (including phenoxy) is 2. The van der Waals surface area contributed by atoms with Crippen LogP contribution in [0.15, 0.2) is 41.0 Å². The fraction of sp³-hybridized carbons (Fsp3) is 0.462. The van der Waals surface area contributed by atoms with Crippen molar-refractivity contribution in [3.8, 4) is 0 Å². The summed E-state index contributed by atoms with van der Waals surface area (Å²) in [4.78, 5) is 17.4. The fourth-order valence-corrected chi connectivity index (χ4v) is 4.97. The van der Waals surface area contributed by atoms with Crippen molar-refractivity contribution in [1.29, 1.82) is 0 Å². The van der Waals surface area contributed by atoms with Crippen LogP contribution in [0, 0.1) is 11.6 Å². The number of amides is 1. The van der Waals surface area contributed by atoms with Crippen LogP contribution in [-0.2, 0) is 22.6 Å². The molecule has 0 radical (unpaired) electrons. The van der Waals surface area contributed by atoms with Gasteiger partial charge in [0.25, 0.3) is 0 Å². The highest BCUT2D eigenvalue weighted by atomic mass is 79.9. The molecule has 6 nitrogen and oxygen atoms in total. The number of hydrogen-bond acceptors (Lipinski definition) is 4. The monoisotopic (exact) mass is 581 g/mol. The van der Waals surface area contributed by atoms with Crippen LogP contribution in [0.1, 0.15) is 38.1 Å². The number of pyridine rings is 1. The molecule has 0 aliphatic rings. The number of alkyl carbamates (subject to hydrolysis) is 1. The first-order chi connectivity index (χ1) is 16.7. The van der Waals surface area contributed by atoms with Gasteiger partial charge in [-0.1, -0.05) is 19.6 Å². The molecule has 10 heteroatoms. The van der Waals surface area contributed by atoms with E-state index in [1.54, 1.807) is 20.8 Å². The van der Waals surface area contributed by atoms with E-state index in [2.05, 4.69) is 40.9 Å². The molecule has 2 heterocycles. The molecule has 0 saturated heterocycles. The van der Waals surface area contributed by atoms with Crippen molar-refractivity contribution in [3.05, 3.63) is 63.9 Å². The summed E-state index contributed by atoms with van der Waals surface area (Å²) in [5.74, 6) is -1.37. The van der Waals surface area contributed by atoms with Crippen molar-refractivity contribution in [2.75, 3.05) is 6.61 Å². The third-order valence-electron chi connectivity index (χ3n) is 5.34. The van der Waals surface area contributed by atoms with E-state index in [-0.39, 0.29) is 6.42 Å². The maximum atomic E-state index is 13.9. The second-order valence-electron chi connectivity index (χ2n) is 11.1. The Morgan fingerprint density at radius 3 is 2.44 bits per heavy atom. The van der Waals surface area contributed by atoms with E-state index in [9.17, 15) is 13.6 Å². The highest BCUT2D eigenvalue weighted by Crippen LogP contribution is 2.29. The minimum atomic E-state index is -1.18. The third kappa shape index (κ3) is 8.38. The van der Waals surface area contributed by atoms with Crippen LogP contribution >= 0.6 is 15.9 Å². The predicted octanol–water partition coefficient (Wildman–Crippen LogP) is 7.20. The summed E-state index contributed by atoms with van der Waals surface area (Å²) in [6.45, 7) is 13.3. The smallest absolute Gasteiger partial charge is 0.408 e. The molecule has 0 aliphatic heterocycles. The van der Waals surface area contributed by atoms with Crippen molar-refractivity contribution in [2.24, 2.45) is 0 Å². The average molecular weight is 583 g/mol. The normalized spacial score (nSPS) is 13.1. The standard InChI is InChI=1S/C26H34BrF2N3O3Si/c1-26(2,3)35-25(33)31-22(13-17-11-18(28)14-19(29)12-17)24-20(27)15-23-21(30-24)7-8-32(23)16-34-9-10-36(4,5)6/h7-8,11-12,14-15,22H,9-10,13,16H2,1-6H3,(H,31,33). The number of halogens is 3. The van der Waals surface area contributed by atoms with Gasteiger partial charge in [-0.15, -0.1) is 0 Å². The number of benzene rings is 1. The number of fused-ring (bicyclic) bond motifs is 1. The summed E-state index contributed by atoms with van der Waals surface area (Å²) in [5, 5.41) is 2.82. The van der Waals surface area contributed by atoms with E-state index >= 15 is 0 Å². The Morgan fingerprint density at radius 1 is 1.17 bits per heavy atom. The lowest BCUT2D eigenvalue weighted by atomic mass is 10.0. The first-order valence-electron chi connectivity index (χ1n) is 11.9. The largest absolute Gasteiger partial charge is 0.444 e. The summed E-state index contributed by atoms with van der Waals surface area (Å²) < 4.78 is 41.7. The lowest BCUT2D eigenvalue weighted by Gasteiger charge is -2.24. The van der Waals surface area contributed by atoms with Gasteiger partial charge in [-0.3, -0.25) is 0 Å². The van der Waals surface area contributed by atoms with Crippen molar-refractivity contribution in [1.82, 2.24) is 14.9 Å². The van der Waals surface area contributed by atoms with Crippen molar-refractivity contribution >= 4 is 41.1 Å². The molecule has 3 rings (SSSR count). The summed E-state index contributed by atoms with van der Waals surface area (Å²) in [7, 11) is -1.18. The van der Waals surface area contributed by atoms with Gasteiger partial charge in [0.05, 0.1) is 22.8 Å². The summed E-state index contributed by atoms with van der Waals surface area (Å²) in [5.41, 5.74) is 1.78. The number of nitrogens with one attached hydrogen (secondary N) is 1. The van der Waals surface area contributed by atoms with Crippen LogP contribution in [0.3, 0.4) is 0 Å². The molecule has 36 heavy (non-hydrogen) atoms. The minimum Gasteiger partial charge on any atom is -0.444 e. The zero-order chi connectivity index (χ0) is 26.7. The summed E-state index contributed by atoms with van der Waals surface area (Å²) in [6.07, 6.45) is 1.37. The minimum absolute atomic E-state index is 0.117. The molecule has 2 aromatic heterocycles. The maximum Gasteiger partial charge on any atom is 0.408 e. The molecule has 0 fully saturated rings. The van der Waals surface area contributed by atoms with Gasteiger partial charge in [0.1, 0.15) is 24.0 Å². The number of nitrogens with zero attached hydrogens (tertiary/aromatic N) is 2. The molecule has 1 amide bonds. The SMILES string of the molecule is CC(C)(C)OC(=O)NC(Cc1cc(F)cc(F)c1)c1nc2ccn(COCC[Si](C)(C)C)c2cc1Br. The van der Waals surface area contributed by atoms with Crippen LogP contribution in [0.4, 0.5) is 13.6 Å². The Morgan fingerprint density at radius 2 is 1.83 bits per heavy atom. The fourth-order valence-electron chi connectivity index (χ4n) is 3.63. The number of carbonyl (C=O) groups is 1. The van der Waals surface area contributed by atoms with Gasteiger partial charge in [0.15, 0.2) is 0 Å². The highest BCUT2D eigenvalue weighted by molar-refractivity contribution is 9.10. The van der Waals surface area contributed by atoms with Gasteiger partial charge < -0.3 is 19.4 Å². The molecule has 196 valence electrons. The number of hydrogen-bond donors (Lipinski definition) is 1. The van der Waals surface area contributed by atoms with Crippen molar-refractivity contribution in [3.63, 3.8) is 0 Å². The molecule has 0 spiro atoms. The molecule has 1 unspecified atom stereocenters. The van der Waals surface area contributed by atoms with E-state index in [0.29, 0.717) is 34.6 Å². The van der Waals surface area contributed by atoms with Gasteiger partial charge in [-0.2, -0.15) is 0 Å². The molecule has 1 aromatic carbocycles. The van der Waals surface area contributed by atoms with E-state index in [4.69, 9.17) is 14.5 Å². The summed E-state index contributed by atoms with van der Waals surface area (Å²) >= 11 is 3.59. The molecule has 1 atom stereocenters. The zero-order valence-corrected chi connectivity index (χ0v) is 24.2. The maximum absolute atomic E-state index is 13.9. The van der Waals surface area contributed by atoms with Crippen LogP contribution in [0.25, 0.3) is 11.0 Å². The van der Waals surface area contributed by atoms with E-state index < -0.39 is 37.4 Å². The van der Waals surface area contributed by atoms with Crippen LogP contribution in [0.5, 0.6) is 0 Å². The first-order valence-corrected chi connectivity index (χ1v) is 16.4. The quantitative estimate of drug-likeness (QED) is 0.214. The van der Waals surface area contributed by atoms with E-state index in [0.717, 1.165) is 17.6 Å². The van der Waals surface area contributed by atoms with Crippen LogP contribution in [-0.4, -0.2) is 35.9 Å². The highest BCUT2D eigenvalue weighted by Gasteiger charge is 2.25. The van der Waals surface area contributed by atoms with Gasteiger partial charge in [0, 0.05) is 31.4 Å². The topological polar surface area (TPSA) is 65.4 Å². The molecule has 3 aromatic rings. The van der Waals surface area contributed by atoms with Crippen LogP contribution in [0.2, 0.25) is 25.7 Å². The Hall–Kier alpha value is -2.30. The molecule has 0 aliphatic carbocycles. The van der Waals surface area contributed by atoms with Crippen LogP contribution < -0.4 is 5.32 Å². The predicted molar refractivity (Wildman–Crippen MR) is 144 cm³/mol. The number of carbonyl (C=O) groups excluding carboxylic acids is 1. The zero-order valence-electron chi connectivity index (χ0n) is 21.6. The molecular formula is C26H34BrF2N3O3Si. The van der Waals surface area contributed by atoms with Gasteiger partial charge in [-0.05, 0) is 79.0 Å². The Kier molecular flexibility index (Phi) is 8.95. The summed E-state index contributed by atoms with van der Waals surface area (Å²) in [6, 6.07) is 7.47. The second-order valence-corrected chi connectivity index (χ2v) is 17.5. The molecule has 1 N–H and O–H groups in total. The average Bonchev–Trinajstić information content (AvgIpc) is 3.09. The molecular weight excluding hydrogens is 548 g/mol. The van der Waals surface area contributed by atoms with E-state index in [1.165, 1.54) is 12.1 Å². The Balaban J connectivity index is 1.88. The van der Waals surface area contributed by atoms with Gasteiger partial charge in [-0.25, -0.2) is 18.6 Å². The lowest BCUT2D eigenvalue weighted by Crippen LogP contribution is -2.36. The van der Waals surface area contributed by atoms with Crippen molar-refractivity contribution in [2.45, 2.75) is 71.3 Å². The second kappa shape index (κ2) is 11.4.